The molecular weight excluding hydrogens is 458 g/mol. The van der Waals surface area contributed by atoms with Crippen molar-refractivity contribution in [3.05, 3.63) is 125 Å². The van der Waals surface area contributed by atoms with Crippen molar-refractivity contribution in [3.63, 3.8) is 0 Å². The lowest BCUT2D eigenvalue weighted by molar-refractivity contribution is 0.0943. The lowest BCUT2D eigenvalue weighted by Gasteiger charge is -2.20. The molecule has 3 aromatic carbocycles. The number of aromatic nitrogens is 1. The lowest BCUT2D eigenvalue weighted by Crippen LogP contribution is -2.29. The van der Waals surface area contributed by atoms with E-state index in [-0.39, 0.29) is 10.8 Å². The van der Waals surface area contributed by atoms with Crippen LogP contribution < -0.4 is 10.0 Å². The van der Waals surface area contributed by atoms with Crippen molar-refractivity contribution in [1.29, 1.82) is 0 Å². The number of anilines is 1. The predicted molar refractivity (Wildman–Crippen MR) is 129 cm³/mol. The van der Waals surface area contributed by atoms with E-state index in [0.717, 1.165) is 11.1 Å². The van der Waals surface area contributed by atoms with Gasteiger partial charge < -0.3 is 5.32 Å². The van der Waals surface area contributed by atoms with Crippen LogP contribution >= 0.6 is 11.6 Å². The molecule has 0 bridgehead atoms. The van der Waals surface area contributed by atoms with Crippen LogP contribution in [0.2, 0.25) is 5.02 Å². The van der Waals surface area contributed by atoms with E-state index < -0.39 is 16.1 Å². The van der Waals surface area contributed by atoms with Crippen LogP contribution in [-0.4, -0.2) is 19.3 Å². The summed E-state index contributed by atoms with van der Waals surface area (Å²) >= 11 is 6.17. The Morgan fingerprint density at radius 3 is 2.15 bits per heavy atom. The Morgan fingerprint density at radius 2 is 1.48 bits per heavy atom. The zero-order chi connectivity index (χ0) is 23.3. The van der Waals surface area contributed by atoms with Crippen molar-refractivity contribution in [3.8, 4) is 0 Å². The van der Waals surface area contributed by atoms with Crippen LogP contribution in [0.5, 0.6) is 0 Å². The van der Waals surface area contributed by atoms with Gasteiger partial charge in [-0.05, 0) is 59.7 Å². The third kappa shape index (κ3) is 5.58. The first-order valence-electron chi connectivity index (χ1n) is 10.1. The Balaban J connectivity index is 1.55. The molecule has 4 rings (SSSR count). The number of rotatable bonds is 7. The minimum absolute atomic E-state index is 0.0466. The molecule has 4 aromatic rings. The maximum Gasteiger partial charge on any atom is 0.261 e. The number of hydrogen-bond acceptors (Lipinski definition) is 4. The van der Waals surface area contributed by atoms with Gasteiger partial charge in [0.25, 0.3) is 15.9 Å². The number of hydrogen-bond donors (Lipinski definition) is 2. The standard InChI is InChI=1S/C25H20ClN3O3S/c26-21-8-4-7-20(17-21)24(18-5-2-1-3-6-18)28-25(30)19-9-11-23(12-10-19)33(31,32)29-22-13-15-27-16-14-22/h1-17,24H,(H,27,29)(H,28,30). The van der Waals surface area contributed by atoms with Gasteiger partial charge >= 0.3 is 0 Å². The smallest absolute Gasteiger partial charge is 0.261 e. The Kier molecular flexibility index (Phi) is 6.72. The molecule has 8 heteroatoms. The monoisotopic (exact) mass is 477 g/mol. The number of pyridine rings is 1. The van der Waals surface area contributed by atoms with Gasteiger partial charge in [-0.2, -0.15) is 0 Å². The second kappa shape index (κ2) is 9.85. The van der Waals surface area contributed by atoms with Gasteiger partial charge in [0.15, 0.2) is 0 Å². The van der Waals surface area contributed by atoms with Crippen LogP contribution in [0.4, 0.5) is 5.69 Å². The van der Waals surface area contributed by atoms with Gasteiger partial charge in [-0.3, -0.25) is 14.5 Å². The van der Waals surface area contributed by atoms with Crippen molar-refractivity contribution in [1.82, 2.24) is 10.3 Å². The molecular formula is C25H20ClN3O3S. The molecule has 0 spiro atoms. The maximum atomic E-state index is 13.0. The first-order valence-corrected chi connectivity index (χ1v) is 11.9. The van der Waals surface area contributed by atoms with E-state index in [1.54, 1.807) is 24.3 Å². The van der Waals surface area contributed by atoms with Crippen LogP contribution in [0.25, 0.3) is 0 Å². The van der Waals surface area contributed by atoms with Crippen molar-refractivity contribution in [2.75, 3.05) is 4.72 Å². The van der Waals surface area contributed by atoms with Crippen molar-refractivity contribution in [2.24, 2.45) is 0 Å². The fourth-order valence-electron chi connectivity index (χ4n) is 3.32. The largest absolute Gasteiger partial charge is 0.341 e. The summed E-state index contributed by atoms with van der Waals surface area (Å²) in [7, 11) is -3.79. The second-order valence-electron chi connectivity index (χ2n) is 7.24. The second-order valence-corrected chi connectivity index (χ2v) is 9.36. The summed E-state index contributed by atoms with van der Waals surface area (Å²) in [5.41, 5.74) is 2.47. The molecule has 166 valence electrons. The maximum absolute atomic E-state index is 13.0. The Morgan fingerprint density at radius 1 is 0.818 bits per heavy atom. The highest BCUT2D eigenvalue weighted by molar-refractivity contribution is 7.92. The molecule has 0 aliphatic rings. The van der Waals surface area contributed by atoms with E-state index in [0.29, 0.717) is 16.3 Å². The number of nitrogens with one attached hydrogen (secondary N) is 2. The summed E-state index contributed by atoms with van der Waals surface area (Å²) in [6.45, 7) is 0. The first kappa shape index (κ1) is 22.5. The van der Waals surface area contributed by atoms with E-state index in [2.05, 4.69) is 15.0 Å². The molecule has 0 radical (unpaired) electrons. The quantitative estimate of drug-likeness (QED) is 0.389. The number of carbonyl (C=O) groups excluding carboxylic acids is 1. The molecule has 0 fully saturated rings. The molecule has 6 nitrogen and oxygen atoms in total. The van der Waals surface area contributed by atoms with Gasteiger partial charge in [-0.15, -0.1) is 0 Å². The molecule has 33 heavy (non-hydrogen) atoms. The van der Waals surface area contributed by atoms with Crippen LogP contribution in [0.15, 0.2) is 108 Å². The zero-order valence-electron chi connectivity index (χ0n) is 17.4. The van der Waals surface area contributed by atoms with Gasteiger partial charge in [-0.1, -0.05) is 54.1 Å². The summed E-state index contributed by atoms with van der Waals surface area (Å²) in [5, 5.41) is 3.59. The Hall–Kier alpha value is -3.68. The fourth-order valence-corrected chi connectivity index (χ4v) is 4.58. The first-order chi connectivity index (χ1) is 15.9. The lowest BCUT2D eigenvalue weighted by atomic mass is 9.98. The molecule has 1 heterocycles. The van der Waals surface area contributed by atoms with E-state index >= 15 is 0 Å². The Labute approximate surface area is 197 Å². The average molecular weight is 478 g/mol. The zero-order valence-corrected chi connectivity index (χ0v) is 18.9. The highest BCUT2D eigenvalue weighted by atomic mass is 35.5. The fraction of sp³-hybridized carbons (Fsp3) is 0.0400. The number of halogens is 1. The third-order valence-corrected chi connectivity index (χ3v) is 6.58. The number of amides is 1. The predicted octanol–water partition coefficient (Wildman–Crippen LogP) is 5.06. The molecule has 0 saturated heterocycles. The van der Waals surface area contributed by atoms with Gasteiger partial charge in [0.2, 0.25) is 0 Å². The van der Waals surface area contributed by atoms with Crippen LogP contribution in [0.3, 0.4) is 0 Å². The van der Waals surface area contributed by atoms with Crippen LogP contribution in [-0.2, 0) is 10.0 Å². The van der Waals surface area contributed by atoms with Gasteiger partial charge in [0.05, 0.1) is 16.6 Å². The molecule has 1 unspecified atom stereocenters. The summed E-state index contributed by atoms with van der Waals surface area (Å²) in [5.74, 6) is -0.338. The number of benzene rings is 3. The molecule has 1 aromatic heterocycles. The molecule has 1 atom stereocenters. The highest BCUT2D eigenvalue weighted by Gasteiger charge is 2.19. The number of carbonyl (C=O) groups is 1. The molecule has 2 N–H and O–H groups in total. The summed E-state index contributed by atoms with van der Waals surface area (Å²) in [6.07, 6.45) is 2.99. The molecule has 0 saturated carbocycles. The van der Waals surface area contributed by atoms with Gasteiger partial charge in [0.1, 0.15) is 0 Å². The molecule has 0 aliphatic carbocycles. The summed E-state index contributed by atoms with van der Waals surface area (Å²) < 4.78 is 27.7. The molecule has 0 aliphatic heterocycles. The van der Waals surface area contributed by atoms with E-state index in [9.17, 15) is 13.2 Å². The highest BCUT2D eigenvalue weighted by Crippen LogP contribution is 2.25. The minimum atomic E-state index is -3.79. The van der Waals surface area contributed by atoms with Crippen molar-refractivity contribution in [2.45, 2.75) is 10.9 Å². The van der Waals surface area contributed by atoms with Gasteiger partial charge in [0, 0.05) is 23.0 Å². The van der Waals surface area contributed by atoms with Crippen LogP contribution in [0, 0.1) is 0 Å². The SMILES string of the molecule is O=C(NC(c1ccccc1)c1cccc(Cl)c1)c1ccc(S(=O)(=O)Nc2ccncc2)cc1. The van der Waals surface area contributed by atoms with E-state index in [1.807, 2.05) is 42.5 Å². The van der Waals surface area contributed by atoms with Crippen molar-refractivity contribution >= 4 is 33.2 Å². The average Bonchev–Trinajstić information content (AvgIpc) is 2.83. The summed E-state index contributed by atoms with van der Waals surface area (Å²) in [4.78, 5) is 16.9. The van der Waals surface area contributed by atoms with Crippen molar-refractivity contribution < 1.29 is 13.2 Å². The normalized spacial score (nSPS) is 12.0. The topological polar surface area (TPSA) is 88.2 Å². The molecule has 1 amide bonds. The Bertz CT molecular complexity index is 1350. The minimum Gasteiger partial charge on any atom is -0.341 e. The number of nitrogens with zero attached hydrogens (tertiary/aromatic N) is 1. The van der Waals surface area contributed by atoms with E-state index in [4.69, 9.17) is 11.6 Å². The van der Waals surface area contributed by atoms with Gasteiger partial charge in [-0.25, -0.2) is 8.42 Å². The summed E-state index contributed by atoms with van der Waals surface area (Å²) in [6, 6.07) is 25.3. The number of sulfonamides is 1. The third-order valence-electron chi connectivity index (χ3n) is 4.95. The van der Waals surface area contributed by atoms with Crippen LogP contribution in [0.1, 0.15) is 27.5 Å². The van der Waals surface area contributed by atoms with E-state index in [1.165, 1.54) is 36.7 Å².